The van der Waals surface area contributed by atoms with Crippen molar-refractivity contribution in [2.45, 2.75) is 127 Å². The molecule has 0 unspecified atom stereocenters. The molecule has 0 aromatic rings. The van der Waals surface area contributed by atoms with Gasteiger partial charge in [0.2, 0.25) is 23.6 Å². The first kappa shape index (κ1) is 81.6. The minimum atomic E-state index is -0.413. The molecule has 4 amide bonds. The highest BCUT2D eigenvalue weighted by molar-refractivity contribution is 5.87. The zero-order valence-corrected chi connectivity index (χ0v) is 37.9. The minimum absolute atomic E-state index is 0. The number of hydrogen-bond donors (Lipinski definition) is 0. The molecule has 4 saturated heterocycles. The molecule has 4 aliphatic rings. The number of nitrogens with zero attached hydrogens (tertiary/aromatic N) is 6. The van der Waals surface area contributed by atoms with Crippen LogP contribution >= 0.6 is 0 Å². The van der Waals surface area contributed by atoms with E-state index in [1.54, 1.807) is 51.3 Å². The van der Waals surface area contributed by atoms with Gasteiger partial charge in [0.15, 0.2) is 0 Å². The molecule has 4 fully saturated rings. The van der Waals surface area contributed by atoms with Crippen molar-refractivity contribution in [1.82, 2.24) is 29.4 Å². The Morgan fingerprint density at radius 3 is 0.943 bits per heavy atom. The van der Waals surface area contributed by atoms with Gasteiger partial charge in [-0.1, -0.05) is 85.7 Å². The van der Waals surface area contributed by atoms with E-state index >= 15 is 0 Å². The van der Waals surface area contributed by atoms with Gasteiger partial charge < -0.3 is 38.5 Å². The van der Waals surface area contributed by atoms with Crippen molar-refractivity contribution < 1.29 is 57.3 Å². The fourth-order valence-corrected chi connectivity index (χ4v) is 6.28. The SMILES string of the molecule is C.C.C.C.C.C.C.C.C=C(C)C(=O)OCC1CCN(C(C)=O)CC1.C=C(C)C(=O)OCN1CCN(C(C)=O)CC1.C=CC(=O)OCC1CCN(C(C)=O)CC1.C=CC(=O)OCN1CCN(C(C)=O)CC1. The van der Waals surface area contributed by atoms with Gasteiger partial charge in [-0.15, -0.1) is 0 Å². The molecule has 70 heavy (non-hydrogen) atoms. The van der Waals surface area contributed by atoms with Gasteiger partial charge in [0.25, 0.3) is 0 Å². The Labute approximate surface area is 426 Å². The summed E-state index contributed by atoms with van der Waals surface area (Å²) in [5, 5.41) is 0. The van der Waals surface area contributed by atoms with Gasteiger partial charge in [0.05, 0.1) is 13.2 Å². The van der Waals surface area contributed by atoms with Gasteiger partial charge >= 0.3 is 23.9 Å². The van der Waals surface area contributed by atoms with Crippen molar-refractivity contribution in [2.24, 2.45) is 11.8 Å². The first-order valence-corrected chi connectivity index (χ1v) is 21.0. The van der Waals surface area contributed by atoms with Crippen molar-refractivity contribution in [2.75, 3.05) is 105 Å². The van der Waals surface area contributed by atoms with E-state index in [0.717, 1.165) is 84.1 Å². The number of amides is 4. The lowest BCUT2D eigenvalue weighted by Gasteiger charge is -2.33. The molecule has 18 heteroatoms. The van der Waals surface area contributed by atoms with Gasteiger partial charge in [-0.05, 0) is 51.4 Å². The molecule has 4 rings (SSSR count). The van der Waals surface area contributed by atoms with E-state index in [2.05, 4.69) is 26.3 Å². The molecule has 4 heterocycles. The molecule has 412 valence electrons. The van der Waals surface area contributed by atoms with E-state index in [1.165, 1.54) is 6.08 Å². The quantitative estimate of drug-likeness (QED) is 0.106. The Kier molecular flexibility index (Phi) is 52.3. The second kappa shape index (κ2) is 44.8. The number of carbonyl (C=O) groups excluding carboxylic acids is 8. The van der Waals surface area contributed by atoms with Crippen LogP contribution < -0.4 is 0 Å². The molecule has 0 aromatic heterocycles. The fraction of sp³-hybridized carbons (Fsp3) is 0.692. The highest BCUT2D eigenvalue weighted by Gasteiger charge is 2.24. The third kappa shape index (κ3) is 34.8. The highest BCUT2D eigenvalue weighted by atomic mass is 16.6. The smallest absolute Gasteiger partial charge is 0.334 e. The van der Waals surface area contributed by atoms with E-state index in [-0.39, 0.29) is 114 Å². The molecule has 0 spiro atoms. The third-order valence-corrected chi connectivity index (χ3v) is 10.5. The summed E-state index contributed by atoms with van der Waals surface area (Å²) in [6, 6.07) is 0. The lowest BCUT2D eigenvalue weighted by atomic mass is 9.98. The maximum absolute atomic E-state index is 11.2. The molecule has 0 N–H and O–H groups in total. The second-order valence-corrected chi connectivity index (χ2v) is 15.5. The largest absolute Gasteiger partial charge is 0.462 e. The van der Waals surface area contributed by atoms with Gasteiger partial charge in [-0.3, -0.25) is 29.0 Å². The summed E-state index contributed by atoms with van der Waals surface area (Å²) in [4.78, 5) is 99.4. The molecule has 0 atom stereocenters. The number of piperazine rings is 2. The number of esters is 4. The summed E-state index contributed by atoms with van der Waals surface area (Å²) in [5.41, 5.74) is 0.837. The van der Waals surface area contributed by atoms with Crippen LogP contribution in [0.3, 0.4) is 0 Å². The summed E-state index contributed by atoms with van der Waals surface area (Å²) in [5.74, 6) is -0.287. The van der Waals surface area contributed by atoms with Gasteiger partial charge in [-0.2, -0.15) is 0 Å². The van der Waals surface area contributed by atoms with E-state index in [4.69, 9.17) is 18.9 Å². The van der Waals surface area contributed by atoms with Crippen LogP contribution in [0.15, 0.2) is 49.6 Å². The van der Waals surface area contributed by atoms with E-state index in [9.17, 15) is 38.4 Å². The zero-order valence-electron chi connectivity index (χ0n) is 37.9. The van der Waals surface area contributed by atoms with Crippen molar-refractivity contribution in [3.05, 3.63) is 49.6 Å². The fourth-order valence-electron chi connectivity index (χ4n) is 6.28. The molecule has 0 saturated carbocycles. The Morgan fingerprint density at radius 2 is 0.657 bits per heavy atom. The molecule has 0 aliphatic carbocycles. The summed E-state index contributed by atoms with van der Waals surface area (Å²) < 4.78 is 20.0. The predicted molar refractivity (Wildman–Crippen MR) is 285 cm³/mol. The van der Waals surface area contributed by atoms with Crippen LogP contribution in [0.25, 0.3) is 0 Å². The molecule has 0 radical (unpaired) electrons. The summed E-state index contributed by atoms with van der Waals surface area (Å²) in [7, 11) is 0. The van der Waals surface area contributed by atoms with Crippen molar-refractivity contribution in [3.63, 3.8) is 0 Å². The minimum Gasteiger partial charge on any atom is -0.462 e. The van der Waals surface area contributed by atoms with Crippen molar-refractivity contribution in [3.8, 4) is 0 Å². The monoisotopic (exact) mass is 1000 g/mol. The number of ether oxygens (including phenoxy) is 4. The Balaban J connectivity index is -0.000000118. The number of carbonyl (C=O) groups is 8. The second-order valence-electron chi connectivity index (χ2n) is 15.5. The molecule has 4 aliphatic heterocycles. The predicted octanol–water partition coefficient (Wildman–Crippen LogP) is 7.49. The van der Waals surface area contributed by atoms with Gasteiger partial charge in [0, 0.05) is 130 Å². The standard InChI is InChI=1S/C12H19NO3.C11H18N2O3.C11H17NO3.C10H16N2O3.8CH4/c1-9(2)12(15)16-8-11-4-6-13(7-5-11)10(3)14;1-9(2)11(15)16-8-12-4-6-13(7-5-12)10(3)14;1-3-11(14)15-8-10-4-6-12(7-5-10)9(2)13;1-3-10(14)15-8-11-4-6-12(7-5-11)9(2)13;;;;;;;;/h11H,1,4-8H2,2-3H3;1,4-8H2,2-3H3;3,10H,1,4-8H2,2H3;3H,1,4-8H2,2H3;8*1H4. The van der Waals surface area contributed by atoms with Crippen LogP contribution in [-0.2, 0) is 57.3 Å². The van der Waals surface area contributed by atoms with Gasteiger partial charge in [-0.25, -0.2) is 19.2 Å². The topological polar surface area (TPSA) is 193 Å². The summed E-state index contributed by atoms with van der Waals surface area (Å²) >= 11 is 0. The lowest BCUT2D eigenvalue weighted by molar-refractivity contribution is -0.146. The Bertz CT molecular complexity index is 1440. The van der Waals surface area contributed by atoms with Crippen molar-refractivity contribution in [1.29, 1.82) is 0 Å². The Hall–Kier alpha value is -5.36. The van der Waals surface area contributed by atoms with E-state index < -0.39 is 5.97 Å². The first-order chi connectivity index (χ1) is 29.3. The van der Waals surface area contributed by atoms with Crippen LogP contribution in [-0.4, -0.2) is 182 Å². The zero-order chi connectivity index (χ0) is 46.8. The van der Waals surface area contributed by atoms with Crippen LogP contribution in [0.5, 0.6) is 0 Å². The van der Waals surface area contributed by atoms with Crippen LogP contribution in [0.2, 0.25) is 0 Å². The molecular weight excluding hydrogens is 901 g/mol. The average molecular weight is 1000 g/mol. The maximum Gasteiger partial charge on any atom is 0.334 e. The van der Waals surface area contributed by atoms with Crippen LogP contribution in [0.1, 0.15) is 127 Å². The molecule has 0 bridgehead atoms. The van der Waals surface area contributed by atoms with Crippen molar-refractivity contribution >= 4 is 47.5 Å². The summed E-state index contributed by atoms with van der Waals surface area (Å²) in [6.45, 7) is 33.5. The molecule has 0 aromatic carbocycles. The highest BCUT2D eigenvalue weighted by Crippen LogP contribution is 2.19. The Morgan fingerprint density at radius 1 is 0.400 bits per heavy atom. The number of likely N-dealkylation sites (tertiary alicyclic amines) is 2. The number of piperidine rings is 2. The lowest BCUT2D eigenvalue weighted by Crippen LogP contribution is -2.48. The maximum atomic E-state index is 11.2. The first-order valence-electron chi connectivity index (χ1n) is 21.0. The average Bonchev–Trinajstić information content (AvgIpc) is 3.26. The van der Waals surface area contributed by atoms with Crippen LogP contribution in [0.4, 0.5) is 0 Å². The van der Waals surface area contributed by atoms with Gasteiger partial charge in [0.1, 0.15) is 13.5 Å². The normalized spacial score (nSPS) is 15.2. The summed E-state index contributed by atoms with van der Waals surface area (Å²) in [6.07, 6.45) is 5.94. The molecular formula is C52H102N6O12. The number of rotatable bonds is 12. The third-order valence-electron chi connectivity index (χ3n) is 10.5. The molecule has 18 nitrogen and oxygen atoms in total. The van der Waals surface area contributed by atoms with E-state index in [1.807, 2.05) is 19.6 Å². The van der Waals surface area contributed by atoms with Crippen LogP contribution in [0, 0.1) is 11.8 Å². The number of hydrogen-bond acceptors (Lipinski definition) is 14. The van der Waals surface area contributed by atoms with E-state index in [0.29, 0.717) is 62.4 Å².